The number of nitrogens with two attached hydrogens (primary N) is 1. The van der Waals surface area contributed by atoms with Crippen LogP contribution in [0.15, 0.2) is 30.5 Å². The molecule has 1 aliphatic heterocycles. The van der Waals surface area contributed by atoms with E-state index in [2.05, 4.69) is 15.6 Å². The number of carbonyl (C=O) groups excluding carboxylic acids is 4. The van der Waals surface area contributed by atoms with E-state index < -0.39 is 53.6 Å². The Balaban J connectivity index is 1.61. The Morgan fingerprint density at radius 3 is 2.56 bits per heavy atom. The van der Waals surface area contributed by atoms with Crippen LogP contribution in [0.3, 0.4) is 0 Å². The molecule has 1 aliphatic carbocycles. The Bertz CT molecular complexity index is 1230. The van der Waals surface area contributed by atoms with Crippen LogP contribution in [-0.4, -0.2) is 75.2 Å². The molecule has 11 heteroatoms. The Morgan fingerprint density at radius 2 is 1.90 bits per heavy atom. The number of H-pyrrole nitrogens is 1. The lowest BCUT2D eigenvalue weighted by Gasteiger charge is -2.31. The van der Waals surface area contributed by atoms with E-state index in [1.54, 1.807) is 27.0 Å². The molecular formula is C28H39N5O6. The van der Waals surface area contributed by atoms with Gasteiger partial charge in [-0.3, -0.25) is 19.3 Å². The van der Waals surface area contributed by atoms with E-state index in [0.29, 0.717) is 6.54 Å². The van der Waals surface area contributed by atoms with E-state index in [0.717, 1.165) is 35.7 Å². The Labute approximate surface area is 227 Å². The maximum absolute atomic E-state index is 13.8. The first-order valence-electron chi connectivity index (χ1n) is 13.5. The molecule has 1 aromatic carbocycles. The number of aliphatic hydroxyl groups excluding tert-OH is 1. The monoisotopic (exact) mass is 541 g/mol. The van der Waals surface area contributed by atoms with E-state index in [1.165, 1.54) is 11.8 Å². The fourth-order valence-corrected chi connectivity index (χ4v) is 5.82. The van der Waals surface area contributed by atoms with Crippen LogP contribution in [-0.2, 0) is 25.5 Å². The van der Waals surface area contributed by atoms with Gasteiger partial charge in [0.1, 0.15) is 23.7 Å². The number of likely N-dealkylation sites (tertiary alicyclic amines) is 1. The van der Waals surface area contributed by atoms with Gasteiger partial charge in [-0.05, 0) is 64.0 Å². The second kappa shape index (κ2) is 11.3. The highest BCUT2D eigenvalue weighted by atomic mass is 16.6. The first-order valence-corrected chi connectivity index (χ1v) is 13.5. The number of hydrogen-bond donors (Lipinski definition) is 5. The number of carbonyl (C=O) groups is 4. The van der Waals surface area contributed by atoms with Crippen LogP contribution in [0.25, 0.3) is 10.9 Å². The molecule has 0 unspecified atom stereocenters. The largest absolute Gasteiger partial charge is 0.444 e. The third kappa shape index (κ3) is 6.35. The van der Waals surface area contributed by atoms with Crippen LogP contribution >= 0.6 is 0 Å². The minimum Gasteiger partial charge on any atom is -0.444 e. The maximum atomic E-state index is 13.8. The van der Waals surface area contributed by atoms with Gasteiger partial charge in [0.05, 0.1) is 6.10 Å². The molecule has 2 heterocycles. The number of fused-ring (bicyclic) bond motifs is 2. The topological polar surface area (TPSA) is 167 Å². The SMILES string of the molecule is C[C@@H](O)[C@H](NC(=O)[C@H](Cc1c[nH]c2ccccc12)NC(=O)[C@@H]1[C@H]2CCC[C@H]2CN1C(=O)OC(C)(C)C)C(N)=O. The van der Waals surface area contributed by atoms with Crippen molar-refractivity contribution in [3.63, 3.8) is 0 Å². The molecule has 4 rings (SSSR count). The van der Waals surface area contributed by atoms with Gasteiger partial charge in [-0.25, -0.2) is 4.79 Å². The van der Waals surface area contributed by atoms with Crippen LogP contribution in [0.2, 0.25) is 0 Å². The average Bonchev–Trinajstić information content (AvgIpc) is 3.55. The van der Waals surface area contributed by atoms with E-state index in [4.69, 9.17) is 10.5 Å². The molecule has 6 N–H and O–H groups in total. The van der Waals surface area contributed by atoms with Crippen molar-refractivity contribution in [3.05, 3.63) is 36.0 Å². The van der Waals surface area contributed by atoms with Gasteiger partial charge >= 0.3 is 6.09 Å². The van der Waals surface area contributed by atoms with E-state index in [1.807, 2.05) is 24.3 Å². The van der Waals surface area contributed by atoms with Gasteiger partial charge in [0.15, 0.2) is 0 Å². The minimum atomic E-state index is -1.33. The Kier molecular flexibility index (Phi) is 8.20. The summed E-state index contributed by atoms with van der Waals surface area (Å²) in [6, 6.07) is 4.36. The first kappa shape index (κ1) is 28.4. The van der Waals surface area contributed by atoms with Gasteiger partial charge in [0.25, 0.3) is 0 Å². The maximum Gasteiger partial charge on any atom is 0.410 e. The van der Waals surface area contributed by atoms with Crippen molar-refractivity contribution in [2.75, 3.05) is 6.54 Å². The summed E-state index contributed by atoms with van der Waals surface area (Å²) in [6.07, 6.45) is 2.78. The molecule has 0 spiro atoms. The molecule has 1 saturated carbocycles. The number of nitrogens with one attached hydrogen (secondary N) is 3. The van der Waals surface area contributed by atoms with E-state index in [9.17, 15) is 24.3 Å². The highest BCUT2D eigenvalue weighted by Gasteiger charge is 2.51. The van der Waals surface area contributed by atoms with Crippen LogP contribution in [0.4, 0.5) is 4.79 Å². The van der Waals surface area contributed by atoms with Crippen molar-refractivity contribution in [2.24, 2.45) is 17.6 Å². The molecule has 0 bridgehead atoms. The number of primary amides is 1. The third-order valence-corrected chi connectivity index (χ3v) is 7.61. The molecule has 1 saturated heterocycles. The molecule has 4 amide bonds. The van der Waals surface area contributed by atoms with Crippen LogP contribution in [0.1, 0.15) is 52.5 Å². The molecular weight excluding hydrogens is 502 g/mol. The molecule has 0 radical (unpaired) electrons. The van der Waals surface area contributed by atoms with Crippen molar-refractivity contribution in [1.29, 1.82) is 0 Å². The lowest BCUT2D eigenvalue weighted by atomic mass is 9.93. The van der Waals surface area contributed by atoms with Crippen molar-refractivity contribution in [3.8, 4) is 0 Å². The number of rotatable bonds is 8. The summed E-state index contributed by atoms with van der Waals surface area (Å²) in [5, 5.41) is 16.2. The highest BCUT2D eigenvalue weighted by molar-refractivity contribution is 5.95. The molecule has 6 atom stereocenters. The van der Waals surface area contributed by atoms with Crippen molar-refractivity contribution >= 4 is 34.7 Å². The summed E-state index contributed by atoms with van der Waals surface area (Å²) in [5.41, 5.74) is 6.33. The predicted octanol–water partition coefficient (Wildman–Crippen LogP) is 1.58. The molecule has 2 fully saturated rings. The number of hydrogen-bond acceptors (Lipinski definition) is 6. The Hall–Kier alpha value is -3.60. The number of aromatic nitrogens is 1. The molecule has 2 aromatic rings. The molecule has 212 valence electrons. The minimum absolute atomic E-state index is 0.0369. The van der Waals surface area contributed by atoms with Gasteiger partial charge in [-0.15, -0.1) is 0 Å². The second-order valence-corrected chi connectivity index (χ2v) is 11.7. The van der Waals surface area contributed by atoms with Crippen LogP contribution in [0, 0.1) is 11.8 Å². The van der Waals surface area contributed by atoms with E-state index in [-0.39, 0.29) is 18.3 Å². The van der Waals surface area contributed by atoms with Gasteiger partial charge in [-0.1, -0.05) is 24.6 Å². The standard InChI is InChI=1S/C28H39N5O6/c1-15(34)22(24(29)35)32-25(36)21(12-17-13-30-20-11-6-5-9-18(17)20)31-26(37)23-19-10-7-8-16(19)14-33(23)27(38)39-28(2,3)4/h5-6,9,11,13,15-16,19,21-23,30,34H,7-8,10,12,14H2,1-4H3,(H2,29,35)(H,31,37)(H,32,36)/t15-,16+,19+,21+,22+,23+/m1/s1. The van der Waals surface area contributed by atoms with Crippen molar-refractivity contribution < 1.29 is 29.0 Å². The highest BCUT2D eigenvalue weighted by Crippen LogP contribution is 2.42. The number of aromatic amines is 1. The quantitative estimate of drug-likeness (QED) is 0.340. The summed E-state index contributed by atoms with van der Waals surface area (Å²) >= 11 is 0. The number of benzene rings is 1. The number of para-hydroxylation sites is 1. The van der Waals surface area contributed by atoms with Gasteiger partial charge in [-0.2, -0.15) is 0 Å². The average molecular weight is 542 g/mol. The zero-order valence-electron chi connectivity index (χ0n) is 22.9. The lowest BCUT2D eigenvalue weighted by molar-refractivity contribution is -0.134. The van der Waals surface area contributed by atoms with Gasteiger partial charge < -0.3 is 31.2 Å². The zero-order chi connectivity index (χ0) is 28.5. The first-order chi connectivity index (χ1) is 18.4. The fourth-order valence-electron chi connectivity index (χ4n) is 5.82. The molecule has 39 heavy (non-hydrogen) atoms. The smallest absolute Gasteiger partial charge is 0.410 e. The summed E-state index contributed by atoms with van der Waals surface area (Å²) in [4.78, 5) is 56.9. The summed E-state index contributed by atoms with van der Waals surface area (Å²) in [5.74, 6) is -1.86. The van der Waals surface area contributed by atoms with Crippen LogP contribution < -0.4 is 16.4 Å². The lowest BCUT2D eigenvalue weighted by Crippen LogP contribution is -2.59. The molecule has 2 aliphatic rings. The van der Waals surface area contributed by atoms with Gasteiger partial charge in [0, 0.05) is 30.1 Å². The summed E-state index contributed by atoms with van der Waals surface area (Å²) in [7, 11) is 0. The Morgan fingerprint density at radius 1 is 1.18 bits per heavy atom. The normalized spacial score (nSPS) is 23.1. The predicted molar refractivity (Wildman–Crippen MR) is 144 cm³/mol. The van der Waals surface area contributed by atoms with E-state index >= 15 is 0 Å². The second-order valence-electron chi connectivity index (χ2n) is 11.7. The fraction of sp³-hybridized carbons (Fsp3) is 0.571. The molecule has 1 aromatic heterocycles. The third-order valence-electron chi connectivity index (χ3n) is 7.61. The zero-order valence-corrected chi connectivity index (χ0v) is 22.9. The number of ether oxygens (including phenoxy) is 1. The molecule has 11 nitrogen and oxygen atoms in total. The number of amides is 4. The summed E-state index contributed by atoms with van der Waals surface area (Å²) in [6.45, 7) is 7.09. The van der Waals surface area contributed by atoms with Crippen LogP contribution in [0.5, 0.6) is 0 Å². The number of aliphatic hydroxyl groups is 1. The summed E-state index contributed by atoms with van der Waals surface area (Å²) < 4.78 is 5.60. The van der Waals surface area contributed by atoms with Gasteiger partial charge in [0.2, 0.25) is 17.7 Å². The van der Waals surface area contributed by atoms with Crippen molar-refractivity contribution in [2.45, 2.75) is 83.2 Å². The number of nitrogens with zero attached hydrogens (tertiary/aromatic N) is 1. The van der Waals surface area contributed by atoms with Crippen molar-refractivity contribution in [1.82, 2.24) is 20.5 Å².